The Hall–Kier alpha value is -0.740. The van der Waals surface area contributed by atoms with Crippen LogP contribution in [0.15, 0.2) is 16.6 Å². The van der Waals surface area contributed by atoms with E-state index < -0.39 is 0 Å². The van der Waals surface area contributed by atoms with Gasteiger partial charge in [0.05, 0.1) is 4.47 Å². The lowest BCUT2D eigenvalue weighted by Gasteiger charge is -2.30. The Labute approximate surface area is 125 Å². The zero-order valence-corrected chi connectivity index (χ0v) is 14.1. The molecule has 3 nitrogen and oxygen atoms in total. The minimum Gasteiger partial charge on any atom is -0.491 e. The Morgan fingerprint density at radius 3 is 2.32 bits per heavy atom. The number of anilines is 1. The Kier molecular flexibility index (Phi) is 6.14. The summed E-state index contributed by atoms with van der Waals surface area (Å²) in [6.07, 6.45) is 0. The van der Waals surface area contributed by atoms with E-state index in [1.165, 1.54) is 0 Å². The van der Waals surface area contributed by atoms with Gasteiger partial charge < -0.3 is 10.5 Å². The van der Waals surface area contributed by atoms with Crippen molar-refractivity contribution in [3.63, 3.8) is 0 Å². The van der Waals surface area contributed by atoms with Crippen molar-refractivity contribution in [3.8, 4) is 5.75 Å². The molecular weight excluding hydrogens is 304 g/mol. The second kappa shape index (κ2) is 7.15. The molecule has 0 aromatic heterocycles. The van der Waals surface area contributed by atoms with Gasteiger partial charge in [0.1, 0.15) is 12.4 Å². The third kappa shape index (κ3) is 4.69. The molecule has 0 saturated carbocycles. The third-order valence-electron chi connectivity index (χ3n) is 3.25. The van der Waals surface area contributed by atoms with Crippen LogP contribution in [0.1, 0.15) is 33.3 Å². The molecule has 0 fully saturated rings. The molecule has 0 aliphatic carbocycles. The Morgan fingerprint density at radius 2 is 1.79 bits per heavy atom. The lowest BCUT2D eigenvalue weighted by molar-refractivity contribution is 0.141. The predicted octanol–water partition coefficient (Wildman–Crippen LogP) is 3.84. The van der Waals surface area contributed by atoms with Crippen LogP contribution in [0, 0.1) is 6.92 Å². The average molecular weight is 329 g/mol. The molecule has 1 rings (SSSR count). The molecule has 0 atom stereocenters. The molecule has 19 heavy (non-hydrogen) atoms. The van der Waals surface area contributed by atoms with Gasteiger partial charge in [-0.2, -0.15) is 0 Å². The predicted molar refractivity (Wildman–Crippen MR) is 85.8 cm³/mol. The van der Waals surface area contributed by atoms with Crippen LogP contribution in [0.4, 0.5) is 5.69 Å². The summed E-state index contributed by atoms with van der Waals surface area (Å²) in [6.45, 7) is 12.4. The highest BCUT2D eigenvalue weighted by molar-refractivity contribution is 9.10. The molecule has 1 aromatic rings. The van der Waals surface area contributed by atoms with Crippen LogP contribution in [0.3, 0.4) is 0 Å². The van der Waals surface area contributed by atoms with E-state index in [2.05, 4.69) is 48.5 Å². The first kappa shape index (κ1) is 16.3. The van der Waals surface area contributed by atoms with Gasteiger partial charge in [0.25, 0.3) is 0 Å². The van der Waals surface area contributed by atoms with Gasteiger partial charge in [-0.1, -0.05) is 0 Å². The van der Waals surface area contributed by atoms with Gasteiger partial charge in [-0.25, -0.2) is 0 Å². The van der Waals surface area contributed by atoms with E-state index >= 15 is 0 Å². The van der Waals surface area contributed by atoms with Gasteiger partial charge in [-0.05, 0) is 68.2 Å². The van der Waals surface area contributed by atoms with Crippen molar-refractivity contribution in [2.24, 2.45) is 0 Å². The van der Waals surface area contributed by atoms with Crippen molar-refractivity contribution in [2.75, 3.05) is 18.9 Å². The van der Waals surface area contributed by atoms with Crippen molar-refractivity contribution in [3.05, 3.63) is 22.2 Å². The third-order valence-corrected chi connectivity index (χ3v) is 3.87. The normalized spacial score (nSPS) is 11.6. The van der Waals surface area contributed by atoms with Gasteiger partial charge in [-0.15, -0.1) is 0 Å². The fourth-order valence-corrected chi connectivity index (χ4v) is 2.63. The summed E-state index contributed by atoms with van der Waals surface area (Å²) < 4.78 is 6.77. The summed E-state index contributed by atoms with van der Waals surface area (Å²) in [5.41, 5.74) is 7.68. The van der Waals surface area contributed by atoms with Crippen LogP contribution in [0.2, 0.25) is 0 Å². The molecule has 0 unspecified atom stereocenters. The summed E-state index contributed by atoms with van der Waals surface area (Å²) in [5, 5.41) is 0. The molecule has 0 saturated heterocycles. The SMILES string of the molecule is Cc1cc(OCCN(C(C)C)C(C)C)c(Br)cc1N. The first-order valence-electron chi connectivity index (χ1n) is 6.77. The maximum absolute atomic E-state index is 5.86. The highest BCUT2D eigenvalue weighted by Gasteiger charge is 2.13. The van der Waals surface area contributed by atoms with Gasteiger partial charge in [0, 0.05) is 24.3 Å². The molecule has 0 aliphatic heterocycles. The number of aryl methyl sites for hydroxylation is 1. The van der Waals surface area contributed by atoms with Gasteiger partial charge in [-0.3, -0.25) is 4.90 Å². The van der Waals surface area contributed by atoms with Gasteiger partial charge >= 0.3 is 0 Å². The van der Waals surface area contributed by atoms with Crippen LogP contribution >= 0.6 is 15.9 Å². The molecular formula is C15H25BrN2O. The maximum atomic E-state index is 5.86. The molecule has 4 heteroatoms. The van der Waals surface area contributed by atoms with Crippen molar-refractivity contribution in [1.29, 1.82) is 0 Å². The van der Waals surface area contributed by atoms with Crippen molar-refractivity contribution < 1.29 is 4.74 Å². The second-order valence-corrected chi connectivity index (χ2v) is 6.27. The number of benzene rings is 1. The Balaban J connectivity index is 2.60. The molecule has 0 radical (unpaired) electrons. The highest BCUT2D eigenvalue weighted by atomic mass is 79.9. The first-order valence-corrected chi connectivity index (χ1v) is 7.56. The smallest absolute Gasteiger partial charge is 0.133 e. The Bertz CT molecular complexity index is 411. The highest BCUT2D eigenvalue weighted by Crippen LogP contribution is 2.29. The standard InChI is InChI=1S/C15H25BrN2O/c1-10(2)18(11(3)4)6-7-19-15-8-12(5)14(17)9-13(15)16/h8-11H,6-7,17H2,1-5H3. The summed E-state index contributed by atoms with van der Waals surface area (Å²) in [7, 11) is 0. The number of rotatable bonds is 6. The van der Waals surface area contributed by atoms with E-state index in [1.54, 1.807) is 0 Å². The number of nitrogen functional groups attached to an aromatic ring is 1. The minimum absolute atomic E-state index is 0.528. The number of ether oxygens (including phenoxy) is 1. The van der Waals surface area contributed by atoms with E-state index in [4.69, 9.17) is 10.5 Å². The first-order chi connectivity index (χ1) is 8.82. The van der Waals surface area contributed by atoms with Crippen LogP contribution in [0.25, 0.3) is 0 Å². The average Bonchev–Trinajstić information content (AvgIpc) is 2.29. The molecule has 0 spiro atoms. The Morgan fingerprint density at radius 1 is 1.21 bits per heavy atom. The lowest BCUT2D eigenvalue weighted by atomic mass is 10.2. The van der Waals surface area contributed by atoms with E-state index in [0.717, 1.165) is 28.0 Å². The zero-order valence-electron chi connectivity index (χ0n) is 12.5. The molecule has 0 heterocycles. The van der Waals surface area contributed by atoms with E-state index in [0.29, 0.717) is 18.7 Å². The van der Waals surface area contributed by atoms with Crippen molar-refractivity contribution in [2.45, 2.75) is 46.7 Å². The number of halogens is 1. The fraction of sp³-hybridized carbons (Fsp3) is 0.600. The summed E-state index contributed by atoms with van der Waals surface area (Å²) in [4.78, 5) is 2.41. The molecule has 2 N–H and O–H groups in total. The number of hydrogen-bond acceptors (Lipinski definition) is 3. The van der Waals surface area contributed by atoms with Crippen LogP contribution in [-0.4, -0.2) is 30.1 Å². The topological polar surface area (TPSA) is 38.5 Å². The maximum Gasteiger partial charge on any atom is 0.133 e. The van der Waals surface area contributed by atoms with Crippen LogP contribution in [-0.2, 0) is 0 Å². The molecule has 0 aliphatic rings. The molecule has 108 valence electrons. The number of nitrogens with two attached hydrogens (primary N) is 1. The molecule has 1 aromatic carbocycles. The largest absolute Gasteiger partial charge is 0.491 e. The second-order valence-electron chi connectivity index (χ2n) is 5.41. The van der Waals surface area contributed by atoms with Crippen LogP contribution < -0.4 is 10.5 Å². The quantitative estimate of drug-likeness (QED) is 0.806. The van der Waals surface area contributed by atoms with Gasteiger partial charge in [0.2, 0.25) is 0 Å². The molecule has 0 amide bonds. The van der Waals surface area contributed by atoms with E-state index in [1.807, 2.05) is 19.1 Å². The van der Waals surface area contributed by atoms with E-state index in [-0.39, 0.29) is 0 Å². The summed E-state index contributed by atoms with van der Waals surface area (Å²) in [5.74, 6) is 0.860. The summed E-state index contributed by atoms with van der Waals surface area (Å²) >= 11 is 3.49. The summed E-state index contributed by atoms with van der Waals surface area (Å²) in [6, 6.07) is 4.93. The van der Waals surface area contributed by atoms with E-state index in [9.17, 15) is 0 Å². The monoisotopic (exact) mass is 328 g/mol. The fourth-order valence-electron chi connectivity index (χ4n) is 2.15. The lowest BCUT2D eigenvalue weighted by Crippen LogP contribution is -2.39. The van der Waals surface area contributed by atoms with Crippen molar-refractivity contribution >= 4 is 21.6 Å². The van der Waals surface area contributed by atoms with Gasteiger partial charge in [0.15, 0.2) is 0 Å². The molecule has 0 bridgehead atoms. The number of nitrogens with zero attached hydrogens (tertiary/aromatic N) is 1. The zero-order chi connectivity index (χ0) is 14.6. The minimum atomic E-state index is 0.528. The van der Waals surface area contributed by atoms with Crippen molar-refractivity contribution in [1.82, 2.24) is 4.90 Å². The van der Waals surface area contributed by atoms with Crippen LogP contribution in [0.5, 0.6) is 5.75 Å². The number of hydrogen-bond donors (Lipinski definition) is 1.